The van der Waals surface area contributed by atoms with Gasteiger partial charge in [-0.15, -0.1) is 10.2 Å². The number of aliphatic carboxylic acids is 1. The number of thioether (sulfide) groups is 1. The summed E-state index contributed by atoms with van der Waals surface area (Å²) in [6, 6.07) is 3.89. The summed E-state index contributed by atoms with van der Waals surface area (Å²) >= 11 is 1.17. The van der Waals surface area contributed by atoms with Gasteiger partial charge in [0.25, 0.3) is 0 Å². The van der Waals surface area contributed by atoms with Gasteiger partial charge in [0, 0.05) is 12.4 Å². The maximum Gasteiger partial charge on any atom is 0.313 e. The summed E-state index contributed by atoms with van der Waals surface area (Å²) in [7, 11) is 0. The smallest absolute Gasteiger partial charge is 0.313 e. The monoisotopic (exact) mass is 278 g/mol. The lowest BCUT2D eigenvalue weighted by atomic mass is 10.1. The van der Waals surface area contributed by atoms with Crippen LogP contribution in [-0.2, 0) is 4.79 Å². The maximum absolute atomic E-state index is 10.6. The molecule has 2 aromatic rings. The third-order valence-electron chi connectivity index (χ3n) is 2.74. The van der Waals surface area contributed by atoms with Gasteiger partial charge in [0.2, 0.25) is 0 Å². The van der Waals surface area contributed by atoms with E-state index in [-0.39, 0.29) is 11.8 Å². The Kier molecular flexibility index (Phi) is 4.16. The molecule has 0 saturated heterocycles. The van der Waals surface area contributed by atoms with E-state index >= 15 is 0 Å². The first-order chi connectivity index (χ1) is 9.09. The first-order valence-corrected chi connectivity index (χ1v) is 6.74. The van der Waals surface area contributed by atoms with Crippen LogP contribution in [0.25, 0.3) is 0 Å². The van der Waals surface area contributed by atoms with Crippen molar-refractivity contribution >= 4 is 17.7 Å². The molecular formula is C12H14N4O2S. The molecule has 0 aliphatic rings. The summed E-state index contributed by atoms with van der Waals surface area (Å²) in [5.74, 6) is -0.132. The number of pyridine rings is 1. The summed E-state index contributed by atoms with van der Waals surface area (Å²) < 4.78 is 1.93. The van der Waals surface area contributed by atoms with Crippen molar-refractivity contribution in [3.05, 3.63) is 35.9 Å². The van der Waals surface area contributed by atoms with Crippen LogP contribution >= 0.6 is 11.8 Å². The standard InChI is InChI=1S/C12H14N4O2S/c1-8(10-3-5-13-6-4-10)16-9(2)14-15-12(16)19-7-11(17)18/h3-6,8H,7H2,1-2H3,(H,17,18). The normalized spacial score (nSPS) is 12.3. The van der Waals surface area contributed by atoms with Gasteiger partial charge in [-0.05, 0) is 31.5 Å². The quantitative estimate of drug-likeness (QED) is 0.839. The van der Waals surface area contributed by atoms with Gasteiger partial charge in [0.15, 0.2) is 5.16 Å². The van der Waals surface area contributed by atoms with Crippen molar-refractivity contribution in [3.8, 4) is 0 Å². The molecule has 19 heavy (non-hydrogen) atoms. The number of hydrogen-bond acceptors (Lipinski definition) is 5. The fourth-order valence-corrected chi connectivity index (χ4v) is 2.59. The van der Waals surface area contributed by atoms with E-state index in [1.165, 1.54) is 11.8 Å². The van der Waals surface area contributed by atoms with Gasteiger partial charge in [-0.3, -0.25) is 14.3 Å². The molecule has 7 heteroatoms. The molecule has 2 heterocycles. The molecule has 0 aliphatic carbocycles. The third kappa shape index (κ3) is 3.11. The van der Waals surface area contributed by atoms with E-state index in [9.17, 15) is 4.79 Å². The highest BCUT2D eigenvalue weighted by molar-refractivity contribution is 7.99. The summed E-state index contributed by atoms with van der Waals surface area (Å²) in [6.45, 7) is 3.88. The average molecular weight is 278 g/mol. The largest absolute Gasteiger partial charge is 0.481 e. The molecule has 0 bridgehead atoms. The molecular weight excluding hydrogens is 264 g/mol. The highest BCUT2D eigenvalue weighted by Gasteiger charge is 2.17. The lowest BCUT2D eigenvalue weighted by molar-refractivity contribution is -0.133. The van der Waals surface area contributed by atoms with E-state index in [2.05, 4.69) is 15.2 Å². The van der Waals surface area contributed by atoms with E-state index in [0.717, 1.165) is 11.4 Å². The molecule has 1 unspecified atom stereocenters. The van der Waals surface area contributed by atoms with Crippen LogP contribution in [0.2, 0.25) is 0 Å². The minimum Gasteiger partial charge on any atom is -0.481 e. The molecule has 2 rings (SSSR count). The molecule has 6 nitrogen and oxygen atoms in total. The molecule has 0 aromatic carbocycles. The summed E-state index contributed by atoms with van der Waals surface area (Å²) in [6.07, 6.45) is 3.46. The summed E-state index contributed by atoms with van der Waals surface area (Å²) in [5, 5.41) is 17.4. The van der Waals surface area contributed by atoms with Crippen LogP contribution in [0.3, 0.4) is 0 Å². The van der Waals surface area contributed by atoms with Crippen molar-refractivity contribution in [2.45, 2.75) is 25.0 Å². The molecule has 0 radical (unpaired) electrons. The number of carbonyl (C=O) groups is 1. The predicted molar refractivity (Wildman–Crippen MR) is 71.2 cm³/mol. The van der Waals surface area contributed by atoms with Gasteiger partial charge >= 0.3 is 5.97 Å². The molecule has 1 atom stereocenters. The third-order valence-corrected chi connectivity index (χ3v) is 3.66. The van der Waals surface area contributed by atoms with Crippen LogP contribution in [0.1, 0.15) is 24.4 Å². The second-order valence-corrected chi connectivity index (χ2v) is 4.98. The van der Waals surface area contributed by atoms with Gasteiger partial charge in [-0.1, -0.05) is 11.8 Å². The Balaban J connectivity index is 2.28. The van der Waals surface area contributed by atoms with Gasteiger partial charge < -0.3 is 5.11 Å². The topological polar surface area (TPSA) is 80.9 Å². The molecule has 100 valence electrons. The van der Waals surface area contributed by atoms with Crippen LogP contribution in [0.4, 0.5) is 0 Å². The Morgan fingerprint density at radius 1 is 1.42 bits per heavy atom. The number of carboxylic acids is 1. The number of carboxylic acid groups (broad SMARTS) is 1. The molecule has 0 saturated carbocycles. The second kappa shape index (κ2) is 5.83. The SMILES string of the molecule is Cc1nnc(SCC(=O)O)n1C(C)c1ccncc1. The second-order valence-electron chi connectivity index (χ2n) is 4.04. The number of aromatic nitrogens is 4. The number of aryl methyl sites for hydroxylation is 1. The van der Waals surface area contributed by atoms with Crippen molar-refractivity contribution in [2.75, 3.05) is 5.75 Å². The van der Waals surface area contributed by atoms with Crippen LogP contribution in [0.15, 0.2) is 29.7 Å². The molecule has 0 spiro atoms. The maximum atomic E-state index is 10.6. The Labute approximate surface area is 114 Å². The first kappa shape index (κ1) is 13.5. The number of nitrogens with zero attached hydrogens (tertiary/aromatic N) is 4. The molecule has 1 N–H and O–H groups in total. The minimum atomic E-state index is -0.867. The van der Waals surface area contributed by atoms with Crippen LogP contribution in [0.5, 0.6) is 0 Å². The lowest BCUT2D eigenvalue weighted by Crippen LogP contribution is -2.11. The Morgan fingerprint density at radius 3 is 2.74 bits per heavy atom. The van der Waals surface area contributed by atoms with E-state index in [4.69, 9.17) is 5.11 Å². The van der Waals surface area contributed by atoms with Gasteiger partial charge in [-0.2, -0.15) is 0 Å². The van der Waals surface area contributed by atoms with Crippen LogP contribution < -0.4 is 0 Å². The van der Waals surface area contributed by atoms with Crippen LogP contribution in [-0.4, -0.2) is 36.6 Å². The van der Waals surface area contributed by atoms with Crippen molar-refractivity contribution < 1.29 is 9.90 Å². The van der Waals surface area contributed by atoms with Crippen molar-refractivity contribution in [1.29, 1.82) is 0 Å². The Bertz CT molecular complexity index is 570. The predicted octanol–water partition coefficient (Wildman–Crippen LogP) is 1.77. The summed E-state index contributed by atoms with van der Waals surface area (Å²) in [4.78, 5) is 14.6. The molecule has 0 fully saturated rings. The summed E-state index contributed by atoms with van der Waals surface area (Å²) in [5.41, 5.74) is 1.08. The van der Waals surface area contributed by atoms with Gasteiger partial charge in [-0.25, -0.2) is 0 Å². The zero-order chi connectivity index (χ0) is 13.8. The number of rotatable bonds is 5. The zero-order valence-electron chi connectivity index (χ0n) is 10.6. The minimum absolute atomic E-state index is 0.0266. The van der Waals surface area contributed by atoms with E-state index < -0.39 is 5.97 Å². The molecule has 0 amide bonds. The fraction of sp³-hybridized carbons (Fsp3) is 0.333. The van der Waals surface area contributed by atoms with Crippen molar-refractivity contribution in [3.63, 3.8) is 0 Å². The Hall–Kier alpha value is -1.89. The Morgan fingerprint density at radius 2 is 2.11 bits per heavy atom. The first-order valence-electron chi connectivity index (χ1n) is 5.75. The van der Waals surface area contributed by atoms with Crippen molar-refractivity contribution in [2.24, 2.45) is 0 Å². The molecule has 0 aliphatic heterocycles. The van der Waals surface area contributed by atoms with E-state index in [1.807, 2.05) is 30.5 Å². The van der Waals surface area contributed by atoms with Crippen LogP contribution in [0, 0.1) is 6.92 Å². The number of hydrogen-bond donors (Lipinski definition) is 1. The fourth-order valence-electron chi connectivity index (χ4n) is 1.81. The van der Waals surface area contributed by atoms with Gasteiger partial charge in [0.05, 0.1) is 11.8 Å². The molecule has 2 aromatic heterocycles. The van der Waals surface area contributed by atoms with E-state index in [0.29, 0.717) is 5.16 Å². The average Bonchev–Trinajstić information content (AvgIpc) is 2.78. The van der Waals surface area contributed by atoms with Gasteiger partial charge in [0.1, 0.15) is 5.82 Å². The van der Waals surface area contributed by atoms with Crippen molar-refractivity contribution in [1.82, 2.24) is 19.7 Å². The zero-order valence-corrected chi connectivity index (χ0v) is 11.5. The lowest BCUT2D eigenvalue weighted by Gasteiger charge is -2.16. The van der Waals surface area contributed by atoms with E-state index in [1.54, 1.807) is 12.4 Å². The highest BCUT2D eigenvalue weighted by Crippen LogP contribution is 2.25. The highest BCUT2D eigenvalue weighted by atomic mass is 32.2.